The molecule has 0 aromatic heterocycles. The summed E-state index contributed by atoms with van der Waals surface area (Å²) in [5.74, 6) is -2.37. The zero-order valence-electron chi connectivity index (χ0n) is 10.0. The van der Waals surface area contributed by atoms with E-state index in [0.29, 0.717) is 0 Å². The highest BCUT2D eigenvalue weighted by atomic mass is 16.4. The minimum Gasteiger partial charge on any atom is -0.481 e. The Balaban J connectivity index is 2.36. The number of carboxylic acid groups (broad SMARTS) is 2. The lowest BCUT2D eigenvalue weighted by Gasteiger charge is -2.15. The highest BCUT2D eigenvalue weighted by Gasteiger charge is 2.23. The highest BCUT2D eigenvalue weighted by molar-refractivity contribution is 5.84. The van der Waals surface area contributed by atoms with Crippen LogP contribution in [-0.4, -0.2) is 47.2 Å². The van der Waals surface area contributed by atoms with Gasteiger partial charge in [0, 0.05) is 12.8 Å². The molecule has 2 unspecified atom stereocenters. The van der Waals surface area contributed by atoms with E-state index in [9.17, 15) is 14.4 Å². The fourth-order valence-corrected chi connectivity index (χ4v) is 1.93. The van der Waals surface area contributed by atoms with E-state index < -0.39 is 18.0 Å². The fourth-order valence-electron chi connectivity index (χ4n) is 1.93. The van der Waals surface area contributed by atoms with Gasteiger partial charge in [-0.2, -0.15) is 0 Å². The van der Waals surface area contributed by atoms with Crippen LogP contribution >= 0.6 is 0 Å². The van der Waals surface area contributed by atoms with Gasteiger partial charge >= 0.3 is 11.9 Å². The molecule has 0 spiro atoms. The van der Waals surface area contributed by atoms with Crippen molar-refractivity contribution in [3.63, 3.8) is 0 Å². The van der Waals surface area contributed by atoms with Crippen molar-refractivity contribution >= 4 is 17.8 Å². The van der Waals surface area contributed by atoms with Crippen LogP contribution in [0, 0.1) is 5.92 Å². The second-order valence-corrected chi connectivity index (χ2v) is 4.45. The van der Waals surface area contributed by atoms with Crippen LogP contribution in [0.3, 0.4) is 0 Å². The fraction of sp³-hybridized carbons (Fsp3) is 0.727. The van der Waals surface area contributed by atoms with Crippen molar-refractivity contribution in [1.82, 2.24) is 10.6 Å². The number of carbonyl (C=O) groups excluding carboxylic acids is 1. The van der Waals surface area contributed by atoms with E-state index >= 15 is 0 Å². The molecule has 2 atom stereocenters. The maximum absolute atomic E-state index is 11.6. The second kappa shape index (κ2) is 6.95. The van der Waals surface area contributed by atoms with E-state index in [2.05, 4.69) is 10.6 Å². The Labute approximate surface area is 105 Å². The van der Waals surface area contributed by atoms with Gasteiger partial charge in [-0.15, -0.1) is 0 Å². The van der Waals surface area contributed by atoms with Gasteiger partial charge in [0.25, 0.3) is 0 Å². The molecule has 1 aliphatic rings. The maximum Gasteiger partial charge on any atom is 0.326 e. The summed E-state index contributed by atoms with van der Waals surface area (Å²) in [5, 5.41) is 22.9. The summed E-state index contributed by atoms with van der Waals surface area (Å²) < 4.78 is 0. The van der Waals surface area contributed by atoms with Crippen molar-refractivity contribution in [2.24, 2.45) is 5.92 Å². The smallest absolute Gasteiger partial charge is 0.326 e. The molecule has 0 bridgehead atoms. The molecule has 1 aliphatic heterocycles. The van der Waals surface area contributed by atoms with Crippen LogP contribution in [0.5, 0.6) is 0 Å². The highest BCUT2D eigenvalue weighted by Crippen LogP contribution is 2.12. The number of hydrogen-bond donors (Lipinski definition) is 4. The predicted octanol–water partition coefficient (Wildman–Crippen LogP) is -0.580. The summed E-state index contributed by atoms with van der Waals surface area (Å²) in [4.78, 5) is 32.9. The molecule has 1 rings (SSSR count). The molecule has 0 saturated carbocycles. The molecule has 0 aliphatic carbocycles. The van der Waals surface area contributed by atoms with E-state index in [1.165, 1.54) is 0 Å². The molecule has 7 nitrogen and oxygen atoms in total. The van der Waals surface area contributed by atoms with E-state index in [4.69, 9.17) is 10.2 Å². The molecule has 1 amide bonds. The van der Waals surface area contributed by atoms with Gasteiger partial charge in [0.15, 0.2) is 0 Å². The Morgan fingerprint density at radius 3 is 2.56 bits per heavy atom. The lowest BCUT2D eigenvalue weighted by atomic mass is 10.0. The van der Waals surface area contributed by atoms with E-state index in [1.807, 2.05) is 0 Å². The van der Waals surface area contributed by atoms with E-state index in [0.717, 1.165) is 19.5 Å². The normalized spacial score (nSPS) is 20.3. The number of amides is 1. The molecule has 0 aromatic carbocycles. The molecule has 4 N–H and O–H groups in total. The number of hydrogen-bond acceptors (Lipinski definition) is 4. The summed E-state index contributed by atoms with van der Waals surface area (Å²) in [5.41, 5.74) is 0. The molecule has 7 heteroatoms. The molecular weight excluding hydrogens is 240 g/mol. The summed E-state index contributed by atoms with van der Waals surface area (Å²) in [6.45, 7) is 1.64. The molecule has 1 fully saturated rings. The first kappa shape index (κ1) is 14.4. The summed E-state index contributed by atoms with van der Waals surface area (Å²) >= 11 is 0. The molecule has 102 valence electrons. The molecule has 0 radical (unpaired) electrons. The number of rotatable bonds is 7. The van der Waals surface area contributed by atoms with Crippen LogP contribution in [0.4, 0.5) is 0 Å². The molecular formula is C11H18N2O5. The molecule has 1 heterocycles. The minimum absolute atomic E-state index is 0.0979. The van der Waals surface area contributed by atoms with Gasteiger partial charge in [0.2, 0.25) is 5.91 Å². The van der Waals surface area contributed by atoms with Gasteiger partial charge in [-0.1, -0.05) is 0 Å². The first-order valence-electron chi connectivity index (χ1n) is 5.93. The number of carbonyl (C=O) groups is 3. The first-order chi connectivity index (χ1) is 8.49. The van der Waals surface area contributed by atoms with Gasteiger partial charge in [-0.3, -0.25) is 9.59 Å². The van der Waals surface area contributed by atoms with Crippen LogP contribution in [0.15, 0.2) is 0 Å². The standard InChI is InChI=1S/C11H18N2O5/c14-9(5-7-3-4-12-6-7)13-8(11(17)18)1-2-10(15)16/h7-8,12H,1-6H2,(H,13,14)(H,15,16)(H,17,18). The second-order valence-electron chi connectivity index (χ2n) is 4.45. The van der Waals surface area contributed by atoms with E-state index in [-0.39, 0.29) is 31.1 Å². The van der Waals surface area contributed by atoms with Crippen molar-refractivity contribution in [3.05, 3.63) is 0 Å². The van der Waals surface area contributed by atoms with Gasteiger partial charge in [0.05, 0.1) is 0 Å². The lowest BCUT2D eigenvalue weighted by molar-refractivity contribution is -0.143. The van der Waals surface area contributed by atoms with Gasteiger partial charge in [0.1, 0.15) is 6.04 Å². The van der Waals surface area contributed by atoms with Crippen LogP contribution in [0.1, 0.15) is 25.7 Å². The van der Waals surface area contributed by atoms with Crippen LogP contribution in [0.25, 0.3) is 0 Å². The number of nitrogens with one attached hydrogen (secondary N) is 2. The van der Waals surface area contributed by atoms with Gasteiger partial charge < -0.3 is 20.8 Å². The Hall–Kier alpha value is -1.63. The quantitative estimate of drug-likeness (QED) is 0.485. The largest absolute Gasteiger partial charge is 0.481 e. The van der Waals surface area contributed by atoms with Crippen LogP contribution in [0.2, 0.25) is 0 Å². The summed E-state index contributed by atoms with van der Waals surface area (Å²) in [6.07, 6.45) is 0.811. The van der Waals surface area contributed by atoms with Crippen molar-refractivity contribution in [2.75, 3.05) is 13.1 Å². The first-order valence-corrected chi connectivity index (χ1v) is 5.93. The lowest BCUT2D eigenvalue weighted by Crippen LogP contribution is -2.41. The third kappa shape index (κ3) is 5.13. The Morgan fingerprint density at radius 1 is 1.33 bits per heavy atom. The Bertz CT molecular complexity index is 325. The van der Waals surface area contributed by atoms with E-state index in [1.54, 1.807) is 0 Å². The van der Waals surface area contributed by atoms with Crippen molar-refractivity contribution in [3.8, 4) is 0 Å². The third-order valence-electron chi connectivity index (χ3n) is 2.92. The summed E-state index contributed by atoms with van der Waals surface area (Å²) in [7, 11) is 0. The van der Waals surface area contributed by atoms with Crippen LogP contribution in [-0.2, 0) is 14.4 Å². The molecule has 0 aromatic rings. The topological polar surface area (TPSA) is 116 Å². The third-order valence-corrected chi connectivity index (χ3v) is 2.92. The number of carboxylic acids is 2. The van der Waals surface area contributed by atoms with Gasteiger partial charge in [-0.25, -0.2) is 4.79 Å². The zero-order valence-corrected chi connectivity index (χ0v) is 10.0. The SMILES string of the molecule is O=C(O)CCC(NC(=O)CC1CCNC1)C(=O)O. The van der Waals surface area contributed by atoms with Crippen molar-refractivity contribution < 1.29 is 24.6 Å². The Morgan fingerprint density at radius 2 is 2.06 bits per heavy atom. The average Bonchev–Trinajstić information content (AvgIpc) is 2.76. The minimum atomic E-state index is -1.20. The van der Waals surface area contributed by atoms with Crippen molar-refractivity contribution in [2.45, 2.75) is 31.7 Å². The number of aliphatic carboxylic acids is 2. The predicted molar refractivity (Wildman–Crippen MR) is 62.0 cm³/mol. The average molecular weight is 258 g/mol. The maximum atomic E-state index is 11.6. The monoisotopic (exact) mass is 258 g/mol. The zero-order chi connectivity index (χ0) is 13.5. The molecule has 1 saturated heterocycles. The molecule has 18 heavy (non-hydrogen) atoms. The van der Waals surface area contributed by atoms with Gasteiger partial charge in [-0.05, 0) is 31.8 Å². The van der Waals surface area contributed by atoms with Crippen molar-refractivity contribution in [1.29, 1.82) is 0 Å². The Kier molecular flexibility index (Phi) is 5.57. The van der Waals surface area contributed by atoms with Crippen LogP contribution < -0.4 is 10.6 Å². The summed E-state index contributed by atoms with van der Waals surface area (Å²) in [6, 6.07) is -1.12.